The van der Waals surface area contributed by atoms with Crippen LogP contribution in [0.15, 0.2) is 24.3 Å². The van der Waals surface area contributed by atoms with E-state index in [4.69, 9.17) is 16.3 Å². The molecule has 1 saturated heterocycles. The van der Waals surface area contributed by atoms with E-state index in [2.05, 4.69) is 12.2 Å². The molecular formula is C13H18ClNO2. The van der Waals surface area contributed by atoms with Gasteiger partial charge in [0.2, 0.25) is 0 Å². The molecule has 1 aliphatic heterocycles. The van der Waals surface area contributed by atoms with E-state index in [0.29, 0.717) is 11.6 Å². The SMILES string of the molecule is CC1(CNCC(O)c2ccccc2Cl)COC1. The minimum Gasteiger partial charge on any atom is -0.387 e. The van der Waals surface area contributed by atoms with Crippen molar-refractivity contribution in [3.8, 4) is 0 Å². The molecule has 0 aromatic heterocycles. The number of benzene rings is 1. The van der Waals surface area contributed by atoms with Crippen LogP contribution in [-0.4, -0.2) is 31.4 Å². The van der Waals surface area contributed by atoms with Crippen LogP contribution in [0.3, 0.4) is 0 Å². The highest BCUT2D eigenvalue weighted by molar-refractivity contribution is 6.31. The van der Waals surface area contributed by atoms with Crippen molar-refractivity contribution < 1.29 is 9.84 Å². The van der Waals surface area contributed by atoms with E-state index in [1.165, 1.54) is 0 Å². The fourth-order valence-electron chi connectivity index (χ4n) is 1.92. The third-order valence-corrected chi connectivity index (χ3v) is 3.40. The van der Waals surface area contributed by atoms with Crippen molar-refractivity contribution in [2.75, 3.05) is 26.3 Å². The van der Waals surface area contributed by atoms with Crippen LogP contribution in [-0.2, 0) is 4.74 Å². The van der Waals surface area contributed by atoms with Gasteiger partial charge in [-0.3, -0.25) is 0 Å². The average Bonchev–Trinajstić information content (AvgIpc) is 2.27. The Balaban J connectivity index is 1.81. The van der Waals surface area contributed by atoms with Crippen LogP contribution in [0, 0.1) is 5.41 Å². The first kappa shape index (κ1) is 12.8. The lowest BCUT2D eigenvalue weighted by Gasteiger charge is -2.38. The van der Waals surface area contributed by atoms with E-state index in [0.717, 1.165) is 25.3 Å². The molecular weight excluding hydrogens is 238 g/mol. The van der Waals surface area contributed by atoms with Gasteiger partial charge in [-0.05, 0) is 6.07 Å². The van der Waals surface area contributed by atoms with Gasteiger partial charge in [-0.25, -0.2) is 0 Å². The summed E-state index contributed by atoms with van der Waals surface area (Å²) >= 11 is 6.02. The van der Waals surface area contributed by atoms with Crippen LogP contribution >= 0.6 is 11.6 Å². The zero-order valence-electron chi connectivity index (χ0n) is 9.95. The summed E-state index contributed by atoms with van der Waals surface area (Å²) in [7, 11) is 0. The van der Waals surface area contributed by atoms with Gasteiger partial charge >= 0.3 is 0 Å². The Bertz CT molecular complexity index is 379. The number of hydrogen-bond acceptors (Lipinski definition) is 3. The van der Waals surface area contributed by atoms with Crippen LogP contribution in [0.4, 0.5) is 0 Å². The fraction of sp³-hybridized carbons (Fsp3) is 0.538. The van der Waals surface area contributed by atoms with Crippen molar-refractivity contribution in [2.45, 2.75) is 13.0 Å². The molecule has 1 aliphatic rings. The van der Waals surface area contributed by atoms with Gasteiger partial charge in [0, 0.05) is 29.1 Å². The molecule has 0 amide bonds. The highest BCUT2D eigenvalue weighted by Gasteiger charge is 2.32. The van der Waals surface area contributed by atoms with Gasteiger partial charge < -0.3 is 15.2 Å². The number of rotatable bonds is 5. The van der Waals surface area contributed by atoms with Crippen LogP contribution in [0.2, 0.25) is 5.02 Å². The van der Waals surface area contributed by atoms with E-state index in [9.17, 15) is 5.11 Å². The van der Waals surface area contributed by atoms with E-state index < -0.39 is 6.10 Å². The summed E-state index contributed by atoms with van der Waals surface area (Å²) in [5.74, 6) is 0. The minimum atomic E-state index is -0.562. The lowest BCUT2D eigenvalue weighted by molar-refractivity contribution is -0.0996. The lowest BCUT2D eigenvalue weighted by Crippen LogP contribution is -2.47. The highest BCUT2D eigenvalue weighted by Crippen LogP contribution is 2.26. The van der Waals surface area contributed by atoms with Gasteiger partial charge in [-0.2, -0.15) is 0 Å². The summed E-state index contributed by atoms with van der Waals surface area (Å²) in [4.78, 5) is 0. The van der Waals surface area contributed by atoms with Crippen molar-refractivity contribution in [1.29, 1.82) is 0 Å². The first-order valence-corrected chi connectivity index (χ1v) is 6.19. The van der Waals surface area contributed by atoms with E-state index in [-0.39, 0.29) is 5.41 Å². The first-order valence-electron chi connectivity index (χ1n) is 5.82. The normalized spacial score (nSPS) is 19.7. The van der Waals surface area contributed by atoms with Gasteiger partial charge in [-0.15, -0.1) is 0 Å². The zero-order chi connectivity index (χ0) is 12.3. The number of aliphatic hydroxyl groups excluding tert-OH is 1. The van der Waals surface area contributed by atoms with E-state index in [1.54, 1.807) is 6.07 Å². The Morgan fingerprint density at radius 3 is 2.76 bits per heavy atom. The van der Waals surface area contributed by atoms with Gasteiger partial charge in [0.15, 0.2) is 0 Å². The molecule has 1 atom stereocenters. The smallest absolute Gasteiger partial charge is 0.0928 e. The van der Waals surface area contributed by atoms with Crippen LogP contribution in [0.5, 0.6) is 0 Å². The summed E-state index contributed by atoms with van der Waals surface area (Å²) in [6.45, 7) is 5.13. The lowest BCUT2D eigenvalue weighted by atomic mass is 9.89. The molecule has 1 heterocycles. The van der Waals surface area contributed by atoms with E-state index >= 15 is 0 Å². The Morgan fingerprint density at radius 1 is 1.47 bits per heavy atom. The van der Waals surface area contributed by atoms with Gasteiger partial charge in [0.1, 0.15) is 0 Å². The molecule has 4 heteroatoms. The number of hydrogen-bond donors (Lipinski definition) is 2. The molecule has 1 fully saturated rings. The Labute approximate surface area is 107 Å². The van der Waals surface area contributed by atoms with Crippen LogP contribution < -0.4 is 5.32 Å². The van der Waals surface area contributed by atoms with Crippen molar-refractivity contribution in [1.82, 2.24) is 5.32 Å². The van der Waals surface area contributed by atoms with Gasteiger partial charge in [-0.1, -0.05) is 36.7 Å². The largest absolute Gasteiger partial charge is 0.387 e. The van der Waals surface area contributed by atoms with Crippen molar-refractivity contribution in [3.63, 3.8) is 0 Å². The topological polar surface area (TPSA) is 41.5 Å². The Morgan fingerprint density at radius 2 is 2.18 bits per heavy atom. The van der Waals surface area contributed by atoms with Crippen molar-refractivity contribution >= 4 is 11.6 Å². The first-order chi connectivity index (χ1) is 8.11. The molecule has 2 rings (SSSR count). The highest BCUT2D eigenvalue weighted by atomic mass is 35.5. The molecule has 2 N–H and O–H groups in total. The van der Waals surface area contributed by atoms with Crippen LogP contribution in [0.1, 0.15) is 18.6 Å². The molecule has 0 saturated carbocycles. The third kappa shape index (κ3) is 3.19. The summed E-state index contributed by atoms with van der Waals surface area (Å²) in [6.07, 6.45) is -0.562. The van der Waals surface area contributed by atoms with Gasteiger partial charge in [0.05, 0.1) is 19.3 Å². The summed E-state index contributed by atoms with van der Waals surface area (Å²) in [5, 5.41) is 13.9. The van der Waals surface area contributed by atoms with Crippen LogP contribution in [0.25, 0.3) is 0 Å². The number of nitrogens with one attached hydrogen (secondary N) is 1. The average molecular weight is 256 g/mol. The van der Waals surface area contributed by atoms with Crippen molar-refractivity contribution in [2.24, 2.45) is 5.41 Å². The fourth-order valence-corrected chi connectivity index (χ4v) is 2.18. The molecule has 0 bridgehead atoms. The van der Waals surface area contributed by atoms with E-state index in [1.807, 2.05) is 18.2 Å². The monoisotopic (exact) mass is 255 g/mol. The predicted octanol–water partition coefficient (Wildman–Crippen LogP) is 2.00. The minimum absolute atomic E-state index is 0.222. The third-order valence-electron chi connectivity index (χ3n) is 3.05. The maximum atomic E-state index is 10.0. The molecule has 94 valence electrons. The second kappa shape index (κ2) is 5.36. The second-order valence-electron chi connectivity index (χ2n) is 4.97. The summed E-state index contributed by atoms with van der Waals surface area (Å²) < 4.78 is 5.18. The molecule has 0 radical (unpaired) electrons. The standard InChI is InChI=1S/C13H18ClNO2/c1-13(8-17-9-13)7-15-6-12(16)10-4-2-3-5-11(10)14/h2-5,12,15-16H,6-9H2,1H3. The number of ether oxygens (including phenoxy) is 1. The second-order valence-corrected chi connectivity index (χ2v) is 5.38. The molecule has 0 aliphatic carbocycles. The molecule has 1 aromatic rings. The maximum Gasteiger partial charge on any atom is 0.0928 e. The van der Waals surface area contributed by atoms with Gasteiger partial charge in [0.25, 0.3) is 0 Å². The number of halogens is 1. The molecule has 1 unspecified atom stereocenters. The summed E-state index contributed by atoms with van der Waals surface area (Å²) in [6, 6.07) is 7.38. The number of aliphatic hydroxyl groups is 1. The molecule has 17 heavy (non-hydrogen) atoms. The quantitative estimate of drug-likeness (QED) is 0.846. The zero-order valence-corrected chi connectivity index (χ0v) is 10.7. The molecule has 3 nitrogen and oxygen atoms in total. The molecule has 0 spiro atoms. The van der Waals surface area contributed by atoms with Crippen molar-refractivity contribution in [3.05, 3.63) is 34.9 Å². The summed E-state index contributed by atoms with van der Waals surface area (Å²) in [5.41, 5.74) is 0.997. The Hall–Kier alpha value is -0.610. The Kier molecular flexibility index (Phi) is 4.05. The molecule has 1 aromatic carbocycles. The maximum absolute atomic E-state index is 10.0. The predicted molar refractivity (Wildman–Crippen MR) is 68.2 cm³/mol.